The van der Waals surface area contributed by atoms with Gasteiger partial charge in [0.25, 0.3) is 0 Å². The highest BCUT2D eigenvalue weighted by atomic mass is 16.5. The first-order chi connectivity index (χ1) is 8.44. The van der Waals surface area contributed by atoms with Gasteiger partial charge < -0.3 is 21.1 Å². The maximum Gasteiger partial charge on any atom is 0.230 e. The van der Waals surface area contributed by atoms with Crippen LogP contribution in [0.3, 0.4) is 0 Å². The predicted molar refractivity (Wildman–Crippen MR) is 70.1 cm³/mol. The summed E-state index contributed by atoms with van der Waals surface area (Å²) in [5.74, 6) is 0.540. The van der Waals surface area contributed by atoms with Gasteiger partial charge in [-0.15, -0.1) is 0 Å². The van der Waals surface area contributed by atoms with E-state index in [4.69, 9.17) is 10.5 Å². The van der Waals surface area contributed by atoms with Crippen molar-refractivity contribution in [3.8, 4) is 0 Å². The molecule has 2 fully saturated rings. The van der Waals surface area contributed by atoms with Crippen LogP contribution < -0.4 is 16.4 Å². The van der Waals surface area contributed by atoms with Gasteiger partial charge >= 0.3 is 0 Å². The minimum atomic E-state index is -0.350. The standard InChI is InChI=1S/C13H25N3O2/c1-12(2,14)4-5-16-11(17)13-8-15-7-10(13)3-6-18-9-13/h10,15H,3-9,14H2,1-2H3,(H,16,17)/t10-,13+/m1/s1. The van der Waals surface area contributed by atoms with E-state index in [9.17, 15) is 4.79 Å². The summed E-state index contributed by atoms with van der Waals surface area (Å²) in [6.45, 7) is 7.56. The summed E-state index contributed by atoms with van der Waals surface area (Å²) in [4.78, 5) is 12.4. The Labute approximate surface area is 109 Å². The van der Waals surface area contributed by atoms with E-state index >= 15 is 0 Å². The molecule has 2 heterocycles. The molecule has 0 saturated carbocycles. The highest BCUT2D eigenvalue weighted by Gasteiger charge is 2.50. The van der Waals surface area contributed by atoms with Crippen molar-refractivity contribution in [3.63, 3.8) is 0 Å². The molecule has 0 bridgehead atoms. The fourth-order valence-corrected chi connectivity index (χ4v) is 2.84. The van der Waals surface area contributed by atoms with Crippen LogP contribution in [0.25, 0.3) is 0 Å². The molecule has 0 aromatic carbocycles. The summed E-state index contributed by atoms with van der Waals surface area (Å²) in [6.07, 6.45) is 1.76. The zero-order valence-corrected chi connectivity index (χ0v) is 11.4. The van der Waals surface area contributed by atoms with Gasteiger partial charge in [0.05, 0.1) is 12.0 Å². The van der Waals surface area contributed by atoms with Gasteiger partial charge in [0.15, 0.2) is 0 Å². The van der Waals surface area contributed by atoms with Crippen LogP contribution in [0.4, 0.5) is 0 Å². The molecule has 2 saturated heterocycles. The average molecular weight is 255 g/mol. The van der Waals surface area contributed by atoms with Crippen LogP contribution in [-0.4, -0.2) is 44.3 Å². The Morgan fingerprint density at radius 2 is 2.39 bits per heavy atom. The molecule has 0 unspecified atom stereocenters. The molecule has 2 aliphatic rings. The molecule has 0 aromatic heterocycles. The molecule has 18 heavy (non-hydrogen) atoms. The summed E-state index contributed by atoms with van der Waals surface area (Å²) in [6, 6.07) is 0. The number of rotatable bonds is 4. The third kappa shape index (κ3) is 2.84. The fraction of sp³-hybridized carbons (Fsp3) is 0.923. The minimum Gasteiger partial charge on any atom is -0.380 e. The molecule has 0 aromatic rings. The van der Waals surface area contributed by atoms with Crippen molar-refractivity contribution in [2.24, 2.45) is 17.1 Å². The van der Waals surface area contributed by atoms with E-state index in [0.29, 0.717) is 19.1 Å². The Balaban J connectivity index is 1.91. The van der Waals surface area contributed by atoms with Crippen molar-refractivity contribution in [2.75, 3.05) is 32.8 Å². The number of hydrogen-bond acceptors (Lipinski definition) is 4. The van der Waals surface area contributed by atoms with Gasteiger partial charge in [-0.05, 0) is 39.2 Å². The van der Waals surface area contributed by atoms with Gasteiger partial charge in [-0.2, -0.15) is 0 Å². The molecule has 2 atom stereocenters. The molecule has 4 N–H and O–H groups in total. The Bertz CT molecular complexity index is 314. The number of amides is 1. The lowest BCUT2D eigenvalue weighted by molar-refractivity contribution is -0.141. The summed E-state index contributed by atoms with van der Waals surface area (Å²) < 4.78 is 5.53. The molecule has 5 nitrogen and oxygen atoms in total. The number of carbonyl (C=O) groups is 1. The summed E-state index contributed by atoms with van der Waals surface area (Å²) in [5.41, 5.74) is 5.33. The summed E-state index contributed by atoms with van der Waals surface area (Å²) in [7, 11) is 0. The molecular weight excluding hydrogens is 230 g/mol. The van der Waals surface area contributed by atoms with E-state index in [1.165, 1.54) is 0 Å². The number of carbonyl (C=O) groups excluding carboxylic acids is 1. The first kappa shape index (κ1) is 13.8. The summed E-state index contributed by atoms with van der Waals surface area (Å²) in [5, 5.41) is 6.36. The van der Waals surface area contributed by atoms with E-state index in [2.05, 4.69) is 10.6 Å². The second kappa shape index (κ2) is 5.15. The van der Waals surface area contributed by atoms with Crippen molar-refractivity contribution < 1.29 is 9.53 Å². The van der Waals surface area contributed by atoms with Gasteiger partial charge in [-0.3, -0.25) is 4.79 Å². The first-order valence-corrected chi connectivity index (χ1v) is 6.80. The maximum atomic E-state index is 12.4. The average Bonchev–Trinajstić information content (AvgIpc) is 2.71. The van der Waals surface area contributed by atoms with Gasteiger partial charge in [0.2, 0.25) is 5.91 Å². The molecule has 2 aliphatic heterocycles. The second-order valence-electron chi connectivity index (χ2n) is 6.32. The fourth-order valence-electron chi connectivity index (χ4n) is 2.84. The normalized spacial score (nSPS) is 32.1. The number of hydrogen-bond donors (Lipinski definition) is 3. The Kier molecular flexibility index (Phi) is 3.94. The van der Waals surface area contributed by atoms with E-state index in [0.717, 1.165) is 32.5 Å². The largest absolute Gasteiger partial charge is 0.380 e. The molecule has 0 radical (unpaired) electrons. The molecule has 0 aliphatic carbocycles. The third-order valence-electron chi connectivity index (χ3n) is 4.09. The van der Waals surface area contributed by atoms with Crippen LogP contribution in [0.15, 0.2) is 0 Å². The predicted octanol–water partition coefficient (Wildman–Crippen LogP) is -0.144. The highest BCUT2D eigenvalue weighted by molar-refractivity contribution is 5.84. The lowest BCUT2D eigenvalue weighted by atomic mass is 9.75. The summed E-state index contributed by atoms with van der Waals surface area (Å²) >= 11 is 0. The lowest BCUT2D eigenvalue weighted by Gasteiger charge is -2.37. The van der Waals surface area contributed by atoms with Gasteiger partial charge in [-0.1, -0.05) is 0 Å². The maximum absolute atomic E-state index is 12.4. The Morgan fingerprint density at radius 3 is 3.11 bits per heavy atom. The van der Waals surface area contributed by atoms with Crippen LogP contribution in [0.2, 0.25) is 0 Å². The lowest BCUT2D eigenvalue weighted by Crippen LogP contribution is -2.52. The molecular formula is C13H25N3O2. The Hall–Kier alpha value is -0.650. The topological polar surface area (TPSA) is 76.4 Å². The van der Waals surface area contributed by atoms with Crippen LogP contribution in [0.5, 0.6) is 0 Å². The van der Waals surface area contributed by atoms with Crippen LogP contribution >= 0.6 is 0 Å². The van der Waals surface area contributed by atoms with Crippen LogP contribution in [-0.2, 0) is 9.53 Å². The van der Waals surface area contributed by atoms with Gasteiger partial charge in [0, 0.05) is 25.2 Å². The molecule has 104 valence electrons. The van der Waals surface area contributed by atoms with E-state index in [1.54, 1.807) is 0 Å². The first-order valence-electron chi connectivity index (χ1n) is 6.80. The number of nitrogens with one attached hydrogen (secondary N) is 2. The van der Waals surface area contributed by atoms with E-state index in [-0.39, 0.29) is 16.9 Å². The molecule has 2 rings (SSSR count). The van der Waals surface area contributed by atoms with Crippen LogP contribution in [0, 0.1) is 11.3 Å². The third-order valence-corrected chi connectivity index (χ3v) is 4.09. The monoisotopic (exact) mass is 255 g/mol. The molecule has 1 amide bonds. The second-order valence-corrected chi connectivity index (χ2v) is 6.32. The Morgan fingerprint density at radius 1 is 1.61 bits per heavy atom. The van der Waals surface area contributed by atoms with Crippen molar-refractivity contribution >= 4 is 5.91 Å². The van der Waals surface area contributed by atoms with Gasteiger partial charge in [-0.25, -0.2) is 0 Å². The van der Waals surface area contributed by atoms with Gasteiger partial charge in [0.1, 0.15) is 0 Å². The van der Waals surface area contributed by atoms with Crippen molar-refractivity contribution in [3.05, 3.63) is 0 Å². The quantitative estimate of drug-likeness (QED) is 0.653. The zero-order valence-electron chi connectivity index (χ0n) is 11.4. The number of ether oxygens (including phenoxy) is 1. The van der Waals surface area contributed by atoms with Crippen LogP contribution in [0.1, 0.15) is 26.7 Å². The smallest absolute Gasteiger partial charge is 0.230 e. The minimum absolute atomic E-state index is 0.126. The highest BCUT2D eigenvalue weighted by Crippen LogP contribution is 2.37. The molecule has 5 heteroatoms. The molecule has 0 spiro atoms. The van der Waals surface area contributed by atoms with Crippen molar-refractivity contribution in [1.29, 1.82) is 0 Å². The van der Waals surface area contributed by atoms with Crippen molar-refractivity contribution in [1.82, 2.24) is 10.6 Å². The zero-order chi connectivity index (χ0) is 13.2. The van der Waals surface area contributed by atoms with Crippen molar-refractivity contribution in [2.45, 2.75) is 32.2 Å². The van der Waals surface area contributed by atoms with E-state index < -0.39 is 0 Å². The SMILES string of the molecule is CC(C)(N)CCNC(=O)[C@]12CNC[C@H]1CCOC2. The van der Waals surface area contributed by atoms with E-state index in [1.807, 2.05) is 13.8 Å². The number of fused-ring (bicyclic) bond motifs is 1. The number of nitrogens with two attached hydrogens (primary N) is 1.